The maximum absolute atomic E-state index is 11.7. The lowest BCUT2D eigenvalue weighted by Crippen LogP contribution is -2.34. The fraction of sp³-hybridized carbons (Fsp3) is 0.808. The molecule has 0 aliphatic heterocycles. The Kier molecular flexibility index (Phi) is 29.3. The zero-order chi connectivity index (χ0) is 32.5. The molecular formula is C26H49N5O13. The number of nitrogens with one attached hydrogen (secondary N) is 4. The second-order valence-electron chi connectivity index (χ2n) is 8.66. The Morgan fingerprint density at radius 2 is 0.682 bits per heavy atom. The van der Waals surface area contributed by atoms with Gasteiger partial charge in [-0.05, 0) is 0 Å². The van der Waals surface area contributed by atoms with Gasteiger partial charge in [-0.25, -0.2) is 0 Å². The summed E-state index contributed by atoms with van der Waals surface area (Å²) in [6.45, 7) is 6.00. The first-order chi connectivity index (χ1) is 21.3. The topological polar surface area (TPSA) is 233 Å². The van der Waals surface area contributed by atoms with Crippen LogP contribution in [0.5, 0.6) is 0 Å². The zero-order valence-corrected chi connectivity index (χ0v) is 25.5. The SMILES string of the molecule is CC(=O)NCCOCCOCCOCCNC(=O)COCC(=O)NCCOCCOCCOCCNC(=O)COCC(N)=O. The molecule has 256 valence electrons. The Morgan fingerprint density at radius 1 is 0.409 bits per heavy atom. The van der Waals surface area contributed by atoms with Gasteiger partial charge >= 0.3 is 0 Å². The lowest BCUT2D eigenvalue weighted by atomic mass is 10.5. The van der Waals surface area contributed by atoms with E-state index in [0.29, 0.717) is 92.3 Å². The lowest BCUT2D eigenvalue weighted by molar-refractivity contribution is -0.132. The Morgan fingerprint density at radius 3 is 0.977 bits per heavy atom. The van der Waals surface area contributed by atoms with Crippen molar-refractivity contribution in [3.8, 4) is 0 Å². The molecule has 0 saturated heterocycles. The summed E-state index contributed by atoms with van der Waals surface area (Å²) in [7, 11) is 0. The van der Waals surface area contributed by atoms with Crippen molar-refractivity contribution >= 4 is 29.5 Å². The van der Waals surface area contributed by atoms with Gasteiger partial charge in [-0.2, -0.15) is 0 Å². The van der Waals surface area contributed by atoms with E-state index >= 15 is 0 Å². The van der Waals surface area contributed by atoms with Crippen molar-refractivity contribution in [3.05, 3.63) is 0 Å². The number of amides is 5. The van der Waals surface area contributed by atoms with Crippen molar-refractivity contribution in [2.75, 3.05) is 132 Å². The maximum Gasteiger partial charge on any atom is 0.246 e. The summed E-state index contributed by atoms with van der Waals surface area (Å²) in [5, 5.41) is 10.4. The van der Waals surface area contributed by atoms with Crippen LogP contribution in [0.3, 0.4) is 0 Å². The Balaban J connectivity index is 3.33. The number of rotatable bonds is 32. The van der Waals surface area contributed by atoms with Crippen molar-refractivity contribution in [3.63, 3.8) is 0 Å². The third kappa shape index (κ3) is 33.5. The second-order valence-corrected chi connectivity index (χ2v) is 8.66. The minimum atomic E-state index is -0.644. The smallest absolute Gasteiger partial charge is 0.246 e. The monoisotopic (exact) mass is 639 g/mol. The largest absolute Gasteiger partial charge is 0.377 e. The minimum Gasteiger partial charge on any atom is -0.377 e. The molecule has 0 aromatic heterocycles. The number of hydrogen-bond acceptors (Lipinski definition) is 13. The van der Waals surface area contributed by atoms with Crippen molar-refractivity contribution in [2.24, 2.45) is 5.73 Å². The van der Waals surface area contributed by atoms with Gasteiger partial charge < -0.3 is 64.9 Å². The number of nitrogens with two attached hydrogens (primary N) is 1. The molecule has 6 N–H and O–H groups in total. The van der Waals surface area contributed by atoms with Crippen LogP contribution in [0.2, 0.25) is 0 Å². The van der Waals surface area contributed by atoms with Gasteiger partial charge in [0.15, 0.2) is 0 Å². The summed E-state index contributed by atoms with van der Waals surface area (Å²) in [6.07, 6.45) is 0. The molecule has 0 rings (SSSR count). The van der Waals surface area contributed by atoms with E-state index in [1.165, 1.54) is 6.92 Å². The number of ether oxygens (including phenoxy) is 8. The quantitative estimate of drug-likeness (QED) is 0.0443. The number of carbonyl (C=O) groups excluding carboxylic acids is 5. The van der Waals surface area contributed by atoms with Crippen LogP contribution in [0.25, 0.3) is 0 Å². The molecule has 0 aromatic rings. The predicted molar refractivity (Wildman–Crippen MR) is 153 cm³/mol. The van der Waals surface area contributed by atoms with Crippen LogP contribution >= 0.6 is 0 Å². The van der Waals surface area contributed by atoms with Gasteiger partial charge in [0.25, 0.3) is 0 Å². The van der Waals surface area contributed by atoms with Crippen molar-refractivity contribution in [1.29, 1.82) is 0 Å². The lowest BCUT2D eigenvalue weighted by Gasteiger charge is -2.09. The molecule has 0 unspecified atom stereocenters. The van der Waals surface area contributed by atoms with E-state index in [9.17, 15) is 24.0 Å². The third-order valence-corrected chi connectivity index (χ3v) is 4.76. The van der Waals surface area contributed by atoms with Gasteiger partial charge in [-0.1, -0.05) is 0 Å². The molecule has 0 aliphatic rings. The minimum absolute atomic E-state index is 0.0965. The molecule has 0 atom stereocenters. The predicted octanol–water partition coefficient (Wildman–Crippen LogP) is -3.91. The van der Waals surface area contributed by atoms with E-state index in [4.69, 9.17) is 43.6 Å². The number of primary amides is 1. The zero-order valence-electron chi connectivity index (χ0n) is 25.5. The van der Waals surface area contributed by atoms with Gasteiger partial charge in [0.05, 0.1) is 79.3 Å². The van der Waals surface area contributed by atoms with Crippen LogP contribution in [-0.2, 0) is 61.9 Å². The Hall–Kier alpha value is -2.97. The average molecular weight is 640 g/mol. The van der Waals surface area contributed by atoms with E-state index in [1.54, 1.807) is 0 Å². The van der Waals surface area contributed by atoms with E-state index in [2.05, 4.69) is 21.3 Å². The first-order valence-electron chi connectivity index (χ1n) is 14.3. The fourth-order valence-corrected chi connectivity index (χ4v) is 2.80. The van der Waals surface area contributed by atoms with Gasteiger partial charge in [0, 0.05) is 33.1 Å². The van der Waals surface area contributed by atoms with Gasteiger partial charge in [0.1, 0.15) is 26.4 Å². The van der Waals surface area contributed by atoms with E-state index in [0.717, 1.165) is 0 Å². The molecule has 0 aromatic carbocycles. The van der Waals surface area contributed by atoms with Crippen molar-refractivity contribution < 1.29 is 61.9 Å². The van der Waals surface area contributed by atoms with Crippen molar-refractivity contribution in [2.45, 2.75) is 6.92 Å². The normalized spacial score (nSPS) is 10.8. The van der Waals surface area contributed by atoms with Crippen LogP contribution in [0, 0.1) is 0 Å². The number of carbonyl (C=O) groups is 5. The molecule has 0 spiro atoms. The average Bonchev–Trinajstić information content (AvgIpc) is 2.97. The summed E-state index contributed by atoms with van der Waals surface area (Å²) in [4.78, 5) is 56.0. The first-order valence-corrected chi connectivity index (χ1v) is 14.3. The molecule has 0 bridgehead atoms. The highest BCUT2D eigenvalue weighted by molar-refractivity contribution is 5.79. The highest BCUT2D eigenvalue weighted by Gasteiger charge is 2.05. The third-order valence-electron chi connectivity index (χ3n) is 4.76. The Bertz CT molecular complexity index is 777. The van der Waals surface area contributed by atoms with Gasteiger partial charge in [0.2, 0.25) is 29.5 Å². The van der Waals surface area contributed by atoms with E-state index in [-0.39, 0.29) is 63.2 Å². The molecule has 0 aliphatic carbocycles. The second kappa shape index (κ2) is 31.5. The molecule has 5 amide bonds. The summed E-state index contributed by atoms with van der Waals surface area (Å²) >= 11 is 0. The van der Waals surface area contributed by atoms with E-state index in [1.807, 2.05) is 0 Å². The summed E-state index contributed by atoms with van der Waals surface area (Å²) in [5.41, 5.74) is 4.89. The van der Waals surface area contributed by atoms with Gasteiger partial charge in [-0.15, -0.1) is 0 Å². The summed E-state index contributed by atoms with van der Waals surface area (Å²) in [6, 6.07) is 0. The van der Waals surface area contributed by atoms with E-state index < -0.39 is 5.91 Å². The van der Waals surface area contributed by atoms with Crippen LogP contribution in [0.1, 0.15) is 6.92 Å². The number of hydrogen-bond donors (Lipinski definition) is 5. The van der Waals surface area contributed by atoms with Crippen LogP contribution in [-0.4, -0.2) is 161 Å². The standard InChI is InChI=1S/C26H49N5O13/c1-22(32)28-2-6-37-10-14-41-15-11-39-8-4-30-25(35)20-44-21-26(36)31-5-9-40-13-17-42-16-12-38-7-3-29-24(34)19-43-18-23(27)33/h2-21H2,1H3,(H2,27,33)(H,28,32)(H,29,34)(H,30,35)(H,31,36). The molecule has 0 saturated carbocycles. The first kappa shape index (κ1) is 41.0. The summed E-state index contributed by atoms with van der Waals surface area (Å²) in [5.74, 6) is -1.84. The molecule has 0 fully saturated rings. The fourth-order valence-electron chi connectivity index (χ4n) is 2.80. The molecule has 18 nitrogen and oxygen atoms in total. The molecular weight excluding hydrogens is 590 g/mol. The van der Waals surface area contributed by atoms with Gasteiger partial charge in [-0.3, -0.25) is 24.0 Å². The molecule has 0 radical (unpaired) electrons. The molecule has 18 heteroatoms. The van der Waals surface area contributed by atoms with Crippen molar-refractivity contribution in [1.82, 2.24) is 21.3 Å². The van der Waals surface area contributed by atoms with Crippen LogP contribution < -0.4 is 27.0 Å². The molecule has 44 heavy (non-hydrogen) atoms. The van der Waals surface area contributed by atoms with Crippen LogP contribution in [0.4, 0.5) is 0 Å². The highest BCUT2D eigenvalue weighted by Crippen LogP contribution is 1.84. The highest BCUT2D eigenvalue weighted by atomic mass is 16.5. The summed E-state index contributed by atoms with van der Waals surface area (Å²) < 4.78 is 41.8. The van der Waals surface area contributed by atoms with Crippen LogP contribution in [0.15, 0.2) is 0 Å². The molecule has 0 heterocycles. The Labute approximate surface area is 257 Å². The maximum atomic E-state index is 11.7.